The smallest absolute Gasteiger partial charge is 0.257 e. The lowest BCUT2D eigenvalue weighted by Crippen LogP contribution is -2.50. The molecule has 0 aromatic heterocycles. The van der Waals surface area contributed by atoms with Gasteiger partial charge in [-0.3, -0.25) is 19.3 Å². The van der Waals surface area contributed by atoms with Crippen LogP contribution >= 0.6 is 0 Å². The number of anilines is 1. The van der Waals surface area contributed by atoms with Gasteiger partial charge in [0, 0.05) is 32.6 Å². The van der Waals surface area contributed by atoms with Gasteiger partial charge in [-0.2, -0.15) is 0 Å². The van der Waals surface area contributed by atoms with Crippen molar-refractivity contribution in [3.05, 3.63) is 24.3 Å². The predicted molar refractivity (Wildman–Crippen MR) is 117 cm³/mol. The van der Waals surface area contributed by atoms with Crippen LogP contribution in [0.25, 0.3) is 0 Å². The Bertz CT molecular complexity index is 796. The molecule has 3 rings (SSSR count). The fraction of sp³-hybridized carbons (Fsp3) is 0.609. The molecule has 0 saturated carbocycles. The van der Waals surface area contributed by atoms with Crippen molar-refractivity contribution in [1.29, 1.82) is 0 Å². The molecule has 0 bridgehead atoms. The Morgan fingerprint density at radius 2 is 1.81 bits per heavy atom. The van der Waals surface area contributed by atoms with Crippen molar-refractivity contribution in [1.82, 2.24) is 9.80 Å². The maximum Gasteiger partial charge on any atom is 0.257 e. The maximum absolute atomic E-state index is 13.3. The molecule has 1 atom stereocenters. The van der Waals surface area contributed by atoms with E-state index in [-0.39, 0.29) is 29.6 Å². The van der Waals surface area contributed by atoms with E-state index < -0.39 is 6.04 Å². The number of methoxy groups -OCH3 is 1. The van der Waals surface area contributed by atoms with E-state index in [1.54, 1.807) is 36.3 Å². The average Bonchev–Trinajstić information content (AvgIpc) is 3.01. The zero-order valence-electron chi connectivity index (χ0n) is 18.9. The second-order valence-electron chi connectivity index (χ2n) is 9.26. The summed E-state index contributed by atoms with van der Waals surface area (Å²) in [6, 6.07) is 6.03. The van der Waals surface area contributed by atoms with Gasteiger partial charge in [-0.05, 0) is 29.7 Å². The molecule has 0 radical (unpaired) electrons. The van der Waals surface area contributed by atoms with Crippen LogP contribution in [0.4, 0.5) is 5.69 Å². The minimum atomic E-state index is -0.773. The molecule has 170 valence electrons. The van der Waals surface area contributed by atoms with Crippen LogP contribution < -0.4 is 9.64 Å². The monoisotopic (exact) mass is 431 g/mol. The maximum atomic E-state index is 13.3. The van der Waals surface area contributed by atoms with E-state index in [1.165, 1.54) is 4.90 Å². The van der Waals surface area contributed by atoms with Gasteiger partial charge in [0.05, 0.1) is 32.4 Å². The molecule has 8 nitrogen and oxygen atoms in total. The first-order chi connectivity index (χ1) is 14.7. The number of imide groups is 1. The predicted octanol–water partition coefficient (Wildman–Crippen LogP) is 1.92. The summed E-state index contributed by atoms with van der Waals surface area (Å²) >= 11 is 0. The van der Waals surface area contributed by atoms with Gasteiger partial charge in [0.25, 0.3) is 5.91 Å². The largest absolute Gasteiger partial charge is 0.497 e. The van der Waals surface area contributed by atoms with Crippen molar-refractivity contribution in [3.8, 4) is 5.75 Å². The Kier molecular flexibility index (Phi) is 7.33. The molecule has 2 aliphatic heterocycles. The number of morpholine rings is 1. The van der Waals surface area contributed by atoms with Gasteiger partial charge < -0.3 is 14.4 Å². The Balaban J connectivity index is 1.78. The van der Waals surface area contributed by atoms with Crippen molar-refractivity contribution in [3.63, 3.8) is 0 Å². The van der Waals surface area contributed by atoms with Crippen LogP contribution in [0.3, 0.4) is 0 Å². The highest BCUT2D eigenvalue weighted by atomic mass is 16.5. The number of carbonyl (C=O) groups excluding carboxylic acids is 3. The van der Waals surface area contributed by atoms with Crippen LogP contribution in [0.5, 0.6) is 5.75 Å². The van der Waals surface area contributed by atoms with Crippen LogP contribution in [0.15, 0.2) is 24.3 Å². The zero-order chi connectivity index (χ0) is 22.6. The molecule has 2 fully saturated rings. The molecule has 2 aliphatic rings. The Morgan fingerprint density at radius 3 is 2.39 bits per heavy atom. The number of carbonyl (C=O) groups is 3. The van der Waals surface area contributed by atoms with Gasteiger partial charge in [0.2, 0.25) is 11.8 Å². The first kappa shape index (κ1) is 23.2. The molecule has 0 N–H and O–H groups in total. The Morgan fingerprint density at radius 1 is 1.16 bits per heavy atom. The highest BCUT2D eigenvalue weighted by Crippen LogP contribution is 2.29. The topological polar surface area (TPSA) is 79.4 Å². The fourth-order valence-electron chi connectivity index (χ4n) is 3.95. The first-order valence-electron chi connectivity index (χ1n) is 10.8. The van der Waals surface area contributed by atoms with Gasteiger partial charge in [-0.15, -0.1) is 0 Å². The first-order valence-corrected chi connectivity index (χ1v) is 10.8. The number of hydrogen-bond acceptors (Lipinski definition) is 6. The number of hydrogen-bond donors (Lipinski definition) is 0. The van der Waals surface area contributed by atoms with E-state index in [0.717, 1.165) is 13.1 Å². The van der Waals surface area contributed by atoms with E-state index in [0.29, 0.717) is 44.2 Å². The number of rotatable bonds is 7. The standard InChI is InChI=1S/C23H33N3O5/c1-23(2,3)16-21(28)25(10-9-24-11-13-31-14-12-24)19-15-20(27)26(22(19)29)17-5-7-18(30-4)8-6-17/h5-8,19H,9-16H2,1-4H3. The second kappa shape index (κ2) is 9.78. The van der Waals surface area contributed by atoms with E-state index in [1.807, 2.05) is 20.8 Å². The third-order valence-electron chi connectivity index (χ3n) is 5.59. The third kappa shape index (κ3) is 5.83. The van der Waals surface area contributed by atoms with E-state index in [9.17, 15) is 14.4 Å². The minimum absolute atomic E-state index is 0.00383. The number of nitrogens with zero attached hydrogens (tertiary/aromatic N) is 3. The van der Waals surface area contributed by atoms with Crippen LogP contribution in [0.1, 0.15) is 33.6 Å². The highest BCUT2D eigenvalue weighted by Gasteiger charge is 2.44. The van der Waals surface area contributed by atoms with E-state index in [2.05, 4.69) is 4.90 Å². The minimum Gasteiger partial charge on any atom is -0.497 e. The van der Waals surface area contributed by atoms with Crippen LogP contribution in [0, 0.1) is 5.41 Å². The van der Waals surface area contributed by atoms with Gasteiger partial charge >= 0.3 is 0 Å². The zero-order valence-corrected chi connectivity index (χ0v) is 18.9. The molecular weight excluding hydrogens is 398 g/mol. The summed E-state index contributed by atoms with van der Waals surface area (Å²) in [5.41, 5.74) is 0.282. The second-order valence-corrected chi connectivity index (χ2v) is 9.26. The van der Waals surface area contributed by atoms with Crippen LogP contribution in [-0.2, 0) is 19.1 Å². The Hall–Kier alpha value is -2.45. The van der Waals surface area contributed by atoms with Crippen LogP contribution in [-0.4, -0.2) is 80.1 Å². The molecule has 3 amide bonds. The summed E-state index contributed by atoms with van der Waals surface area (Å²) in [6.07, 6.45) is 0.320. The summed E-state index contributed by atoms with van der Waals surface area (Å²) in [4.78, 5) is 44.3. The van der Waals surface area contributed by atoms with Crippen molar-refractivity contribution < 1.29 is 23.9 Å². The number of ether oxygens (including phenoxy) is 2. The molecule has 1 aromatic rings. The molecule has 0 aliphatic carbocycles. The highest BCUT2D eigenvalue weighted by molar-refractivity contribution is 6.23. The normalized spacial score (nSPS) is 20.3. The van der Waals surface area contributed by atoms with Crippen molar-refractivity contribution in [2.24, 2.45) is 5.41 Å². The lowest BCUT2D eigenvalue weighted by molar-refractivity contribution is -0.140. The van der Waals surface area contributed by atoms with Gasteiger partial charge in [-0.25, -0.2) is 4.90 Å². The summed E-state index contributed by atoms with van der Waals surface area (Å²) < 4.78 is 10.6. The summed E-state index contributed by atoms with van der Waals surface area (Å²) in [7, 11) is 1.56. The van der Waals surface area contributed by atoms with Crippen molar-refractivity contribution in [2.45, 2.75) is 39.7 Å². The average molecular weight is 432 g/mol. The molecule has 1 aromatic carbocycles. The summed E-state index contributed by atoms with van der Waals surface area (Å²) in [5.74, 6) is -0.0881. The number of benzene rings is 1. The molecule has 0 spiro atoms. The number of amides is 3. The lowest BCUT2D eigenvalue weighted by atomic mass is 9.91. The Labute approximate surface area is 184 Å². The molecule has 2 heterocycles. The quantitative estimate of drug-likeness (QED) is 0.614. The SMILES string of the molecule is COc1ccc(N2C(=O)CC(N(CCN3CCOCC3)C(=O)CC(C)(C)C)C2=O)cc1. The van der Waals surface area contributed by atoms with Crippen LogP contribution in [0.2, 0.25) is 0 Å². The summed E-state index contributed by atoms with van der Waals surface area (Å²) in [6.45, 7) is 10.00. The fourth-order valence-corrected chi connectivity index (χ4v) is 3.95. The van der Waals surface area contributed by atoms with Gasteiger partial charge in [0.15, 0.2) is 0 Å². The molecular formula is C23H33N3O5. The van der Waals surface area contributed by atoms with Crippen molar-refractivity contribution in [2.75, 3.05) is 51.4 Å². The van der Waals surface area contributed by atoms with Gasteiger partial charge in [-0.1, -0.05) is 20.8 Å². The molecule has 2 saturated heterocycles. The lowest BCUT2D eigenvalue weighted by Gasteiger charge is -2.33. The summed E-state index contributed by atoms with van der Waals surface area (Å²) in [5, 5.41) is 0. The molecule has 8 heteroatoms. The van der Waals surface area contributed by atoms with E-state index >= 15 is 0 Å². The third-order valence-corrected chi connectivity index (χ3v) is 5.59. The van der Waals surface area contributed by atoms with E-state index in [4.69, 9.17) is 9.47 Å². The molecule has 1 unspecified atom stereocenters. The van der Waals surface area contributed by atoms with Crippen molar-refractivity contribution >= 4 is 23.4 Å². The van der Waals surface area contributed by atoms with Gasteiger partial charge in [0.1, 0.15) is 11.8 Å². The molecule has 31 heavy (non-hydrogen) atoms.